The fourth-order valence-electron chi connectivity index (χ4n) is 2.08. The van der Waals surface area contributed by atoms with E-state index in [1.54, 1.807) is 0 Å². The molecular weight excluding hydrogens is 337 g/mol. The molecule has 0 saturated heterocycles. The Labute approximate surface area is 144 Å². The van der Waals surface area contributed by atoms with Crippen LogP contribution in [0.5, 0.6) is 0 Å². The Morgan fingerprint density at radius 2 is 2.09 bits per heavy atom. The molecule has 0 bridgehead atoms. The summed E-state index contributed by atoms with van der Waals surface area (Å²) in [6.07, 6.45) is 12.7. The zero-order valence-corrected chi connectivity index (χ0v) is 16.6. The van der Waals surface area contributed by atoms with Gasteiger partial charge in [-0.05, 0) is 0 Å². The predicted octanol–water partition coefficient (Wildman–Crippen LogP) is 4.00. The molecule has 5 radical (unpaired) electrons. The van der Waals surface area contributed by atoms with Gasteiger partial charge in [0.15, 0.2) is 0 Å². The molecule has 0 N–H and O–H groups in total. The van der Waals surface area contributed by atoms with Crippen LogP contribution in [0.4, 0.5) is 0 Å². The summed E-state index contributed by atoms with van der Waals surface area (Å²) < 4.78 is 6.27. The number of hydrogen-bond acceptors (Lipinski definition) is 2. The molecular formula is C19H30NOSe. The fourth-order valence-corrected chi connectivity index (χ4v) is 3.97. The first kappa shape index (κ1) is 20.0. The molecule has 0 aromatic heterocycles. The summed E-state index contributed by atoms with van der Waals surface area (Å²) >= 11 is 0.0109. The number of hydrogen-bond donors (Lipinski definition) is 0. The van der Waals surface area contributed by atoms with E-state index in [0.29, 0.717) is 6.04 Å². The Morgan fingerprint density at radius 3 is 2.64 bits per heavy atom. The van der Waals surface area contributed by atoms with Crippen molar-refractivity contribution in [1.29, 1.82) is 0 Å². The number of rotatable bonds is 9. The van der Waals surface area contributed by atoms with Crippen LogP contribution in [-0.2, 0) is 3.82 Å². The maximum absolute atomic E-state index is 6.27. The molecule has 0 amide bonds. The van der Waals surface area contributed by atoms with Gasteiger partial charge in [-0.25, -0.2) is 0 Å². The van der Waals surface area contributed by atoms with Crippen LogP contribution in [0.25, 0.3) is 0 Å². The van der Waals surface area contributed by atoms with Crippen molar-refractivity contribution >= 4 is 15.3 Å². The van der Waals surface area contributed by atoms with Crippen molar-refractivity contribution in [1.82, 2.24) is 4.90 Å². The Hall–Kier alpha value is -0.0805. The second-order valence-corrected chi connectivity index (χ2v) is 8.11. The van der Waals surface area contributed by atoms with E-state index in [2.05, 4.69) is 78.6 Å². The van der Waals surface area contributed by atoms with Crippen LogP contribution in [-0.4, -0.2) is 45.9 Å². The van der Waals surface area contributed by atoms with Crippen LogP contribution < -0.4 is 0 Å². The van der Waals surface area contributed by atoms with Gasteiger partial charge < -0.3 is 0 Å². The third-order valence-corrected chi connectivity index (χ3v) is 6.11. The molecule has 0 aromatic carbocycles. The van der Waals surface area contributed by atoms with E-state index in [1.807, 2.05) is 6.08 Å². The van der Waals surface area contributed by atoms with Gasteiger partial charge >= 0.3 is 145 Å². The second-order valence-electron chi connectivity index (χ2n) is 6.49. The first-order chi connectivity index (χ1) is 10.3. The van der Waals surface area contributed by atoms with Crippen LogP contribution in [0.2, 0.25) is 0 Å². The molecule has 0 spiro atoms. The molecule has 123 valence electrons. The van der Waals surface area contributed by atoms with Crippen molar-refractivity contribution < 1.29 is 3.82 Å². The van der Waals surface area contributed by atoms with Gasteiger partial charge in [-0.15, -0.1) is 0 Å². The van der Waals surface area contributed by atoms with Crippen molar-refractivity contribution in [2.45, 2.75) is 52.2 Å². The molecule has 1 rings (SSSR count). The van der Waals surface area contributed by atoms with Gasteiger partial charge in [0, 0.05) is 0 Å². The van der Waals surface area contributed by atoms with Gasteiger partial charge in [-0.2, -0.15) is 0 Å². The van der Waals surface area contributed by atoms with E-state index in [-0.39, 0.29) is 20.9 Å². The van der Waals surface area contributed by atoms with Crippen LogP contribution in [0.3, 0.4) is 0 Å². The van der Waals surface area contributed by atoms with Gasteiger partial charge in [-0.1, -0.05) is 0 Å². The van der Waals surface area contributed by atoms with Gasteiger partial charge in [-0.3, -0.25) is 0 Å². The summed E-state index contributed by atoms with van der Waals surface area (Å²) in [6, 6.07) is 0.413. The first-order valence-electron chi connectivity index (χ1n) is 7.83. The SMILES string of the molecule is C=C[C@](C)(CCC=C(C)C)O[Se][C]1[CH][CH][CH][C]1[C@@H](C)N(C)C. The van der Waals surface area contributed by atoms with Crippen molar-refractivity contribution in [3.63, 3.8) is 0 Å². The molecule has 0 unspecified atom stereocenters. The summed E-state index contributed by atoms with van der Waals surface area (Å²) in [7, 11) is 4.23. The van der Waals surface area contributed by atoms with Gasteiger partial charge in [0.05, 0.1) is 0 Å². The van der Waals surface area contributed by atoms with Gasteiger partial charge in [0.2, 0.25) is 0 Å². The van der Waals surface area contributed by atoms with E-state index in [0.717, 1.165) is 12.8 Å². The molecule has 1 fully saturated rings. The quantitative estimate of drug-likeness (QED) is 0.451. The van der Waals surface area contributed by atoms with Crippen LogP contribution >= 0.6 is 0 Å². The van der Waals surface area contributed by atoms with Crippen molar-refractivity contribution in [3.8, 4) is 0 Å². The average Bonchev–Trinajstić information content (AvgIpc) is 2.92. The number of nitrogens with zero attached hydrogens (tertiary/aromatic N) is 1. The predicted molar refractivity (Wildman–Crippen MR) is 96.6 cm³/mol. The van der Waals surface area contributed by atoms with Crippen molar-refractivity contribution in [2.24, 2.45) is 0 Å². The third-order valence-electron chi connectivity index (χ3n) is 3.98. The Balaban J connectivity index is 2.54. The monoisotopic (exact) mass is 368 g/mol. The minimum atomic E-state index is -0.248. The normalized spacial score (nSPS) is 20.9. The van der Waals surface area contributed by atoms with E-state index in [1.165, 1.54) is 16.3 Å². The van der Waals surface area contributed by atoms with E-state index in [4.69, 9.17) is 3.82 Å². The Morgan fingerprint density at radius 1 is 1.41 bits per heavy atom. The zero-order valence-electron chi connectivity index (χ0n) is 14.8. The molecule has 1 aliphatic rings. The summed E-state index contributed by atoms with van der Waals surface area (Å²) in [5.74, 6) is 1.38. The molecule has 2 atom stereocenters. The molecule has 1 aliphatic carbocycles. The molecule has 0 heterocycles. The van der Waals surface area contributed by atoms with E-state index >= 15 is 0 Å². The van der Waals surface area contributed by atoms with Gasteiger partial charge in [0.25, 0.3) is 0 Å². The van der Waals surface area contributed by atoms with Crippen molar-refractivity contribution in [2.75, 3.05) is 14.1 Å². The summed E-state index contributed by atoms with van der Waals surface area (Å²) in [5, 5.41) is 0. The zero-order chi connectivity index (χ0) is 16.8. The topological polar surface area (TPSA) is 12.5 Å². The maximum atomic E-state index is 6.27. The summed E-state index contributed by atoms with van der Waals surface area (Å²) in [4.78, 5) is 3.57. The molecule has 2 nitrogen and oxygen atoms in total. The summed E-state index contributed by atoms with van der Waals surface area (Å²) in [5.41, 5.74) is 1.11. The van der Waals surface area contributed by atoms with Crippen molar-refractivity contribution in [3.05, 3.63) is 54.3 Å². The standard InChI is InChI=1S/C19H30NOSe/c1-8-19(5,14-10-11-15(2)3)21-22-18-13-9-12-17(18)16(4)20(6)7/h8-9,11-13,16H,1,10,14H2,2-7H3/t16-,19-/m1/s1. The molecule has 1 saturated carbocycles. The molecule has 0 aromatic rings. The minimum absolute atomic E-state index is 0.0109. The molecule has 3 heteroatoms. The van der Waals surface area contributed by atoms with Crippen LogP contribution in [0.1, 0.15) is 40.5 Å². The third kappa shape index (κ3) is 6.20. The Kier molecular flexibility index (Phi) is 8.41. The molecule has 0 aliphatic heterocycles. The number of allylic oxidation sites excluding steroid dienone is 2. The van der Waals surface area contributed by atoms with E-state index < -0.39 is 0 Å². The first-order valence-corrected chi connectivity index (χ1v) is 9.39. The molecule has 22 heavy (non-hydrogen) atoms. The second kappa shape index (κ2) is 9.27. The van der Waals surface area contributed by atoms with Crippen LogP contribution in [0.15, 0.2) is 24.3 Å². The average molecular weight is 367 g/mol. The Bertz CT molecular complexity index is 376. The summed E-state index contributed by atoms with van der Waals surface area (Å²) in [6.45, 7) is 12.6. The van der Waals surface area contributed by atoms with E-state index in [9.17, 15) is 0 Å². The fraction of sp³-hybridized carbons (Fsp3) is 0.526. The van der Waals surface area contributed by atoms with Crippen LogP contribution in [0, 0.1) is 30.0 Å². The van der Waals surface area contributed by atoms with Gasteiger partial charge in [0.1, 0.15) is 0 Å².